The fraction of sp³-hybridized carbons (Fsp3) is 0.500. The Bertz CT molecular complexity index is 303. The van der Waals surface area contributed by atoms with Gasteiger partial charge in [0.15, 0.2) is 0 Å². The molecule has 0 rings (SSSR count). The van der Waals surface area contributed by atoms with Crippen LogP contribution in [-0.2, 0) is 0 Å². The first kappa shape index (κ1) is 14.2. The van der Waals surface area contributed by atoms with Gasteiger partial charge in [0.05, 0.1) is 6.10 Å². The van der Waals surface area contributed by atoms with Gasteiger partial charge < -0.3 is 5.11 Å². The van der Waals surface area contributed by atoms with Crippen molar-refractivity contribution >= 4 is 7.85 Å². The predicted molar refractivity (Wildman–Crippen MR) is 63.4 cm³/mol. The van der Waals surface area contributed by atoms with Crippen molar-refractivity contribution in [1.29, 1.82) is 0 Å². The molecule has 0 heterocycles. The van der Waals surface area contributed by atoms with Crippen molar-refractivity contribution in [3.63, 3.8) is 0 Å². The molecule has 0 aromatic heterocycles. The summed E-state index contributed by atoms with van der Waals surface area (Å²) < 4.78 is 13.9. The molecule has 1 N–H and O–H groups in total. The zero-order valence-corrected chi connectivity index (χ0v) is 9.84. The molecular formula is C12H18BFO. The van der Waals surface area contributed by atoms with E-state index in [0.717, 1.165) is 0 Å². The summed E-state index contributed by atoms with van der Waals surface area (Å²) in [6.45, 7) is 6.86. The molecule has 1 atom stereocenters. The third-order valence-corrected chi connectivity index (χ3v) is 2.38. The maximum Gasteiger partial charge on any atom is 0.130 e. The van der Waals surface area contributed by atoms with Crippen molar-refractivity contribution in [1.82, 2.24) is 0 Å². The van der Waals surface area contributed by atoms with Crippen molar-refractivity contribution in [2.45, 2.75) is 40.2 Å². The molecule has 0 aromatic rings. The average molecular weight is 208 g/mol. The maximum atomic E-state index is 13.9. The summed E-state index contributed by atoms with van der Waals surface area (Å²) in [4.78, 5) is 0. The van der Waals surface area contributed by atoms with Crippen LogP contribution in [0.25, 0.3) is 0 Å². The molecule has 2 radical (unpaired) electrons. The fourth-order valence-electron chi connectivity index (χ4n) is 1.25. The zero-order valence-electron chi connectivity index (χ0n) is 9.84. The molecule has 0 aliphatic rings. The molecule has 0 bridgehead atoms. The van der Waals surface area contributed by atoms with Crippen LogP contribution in [0.5, 0.6) is 0 Å². The molecule has 0 spiro atoms. The molecule has 3 heteroatoms. The Labute approximate surface area is 92.8 Å². The SMILES string of the molecule is [B]C(=C/C)/C(C)=C(F)\C(=C/C)C(O)CC. The van der Waals surface area contributed by atoms with Gasteiger partial charge in [0, 0.05) is 5.57 Å². The Kier molecular flexibility index (Phi) is 6.26. The van der Waals surface area contributed by atoms with E-state index < -0.39 is 11.9 Å². The normalized spacial score (nSPS) is 17.5. The summed E-state index contributed by atoms with van der Waals surface area (Å²) in [5.74, 6) is -0.428. The van der Waals surface area contributed by atoms with Crippen LogP contribution in [-0.4, -0.2) is 19.1 Å². The van der Waals surface area contributed by atoms with Crippen LogP contribution in [0.15, 0.2) is 34.6 Å². The number of halogens is 1. The molecule has 0 aromatic carbocycles. The average Bonchev–Trinajstić information content (AvgIpc) is 2.27. The van der Waals surface area contributed by atoms with Crippen LogP contribution in [0.4, 0.5) is 4.39 Å². The largest absolute Gasteiger partial charge is 0.388 e. The van der Waals surface area contributed by atoms with Crippen molar-refractivity contribution in [2.24, 2.45) is 0 Å². The molecule has 1 unspecified atom stereocenters. The number of aliphatic hydroxyl groups is 1. The highest BCUT2D eigenvalue weighted by Crippen LogP contribution is 2.24. The van der Waals surface area contributed by atoms with Crippen LogP contribution in [0, 0.1) is 0 Å². The second kappa shape index (κ2) is 6.62. The lowest BCUT2D eigenvalue weighted by Crippen LogP contribution is -2.10. The minimum absolute atomic E-state index is 0.305. The van der Waals surface area contributed by atoms with Crippen molar-refractivity contribution < 1.29 is 9.50 Å². The summed E-state index contributed by atoms with van der Waals surface area (Å²) in [7, 11) is 5.61. The number of hydrogen-bond acceptors (Lipinski definition) is 1. The second-order valence-electron chi connectivity index (χ2n) is 3.35. The Balaban J connectivity index is 5.20. The van der Waals surface area contributed by atoms with Gasteiger partial charge in [-0.1, -0.05) is 24.5 Å². The van der Waals surface area contributed by atoms with E-state index in [9.17, 15) is 9.50 Å². The van der Waals surface area contributed by atoms with Gasteiger partial charge >= 0.3 is 0 Å². The molecule has 0 saturated carbocycles. The highest BCUT2D eigenvalue weighted by molar-refractivity contribution is 6.24. The molecule has 0 aliphatic heterocycles. The minimum atomic E-state index is -0.769. The van der Waals surface area contributed by atoms with E-state index in [1.165, 1.54) is 0 Å². The number of aliphatic hydroxyl groups excluding tert-OH is 1. The Hall–Kier alpha value is -0.825. The van der Waals surface area contributed by atoms with E-state index in [1.54, 1.807) is 39.8 Å². The van der Waals surface area contributed by atoms with Crippen LogP contribution >= 0.6 is 0 Å². The van der Waals surface area contributed by atoms with E-state index in [1.807, 2.05) is 0 Å². The molecule has 0 saturated heterocycles. The lowest BCUT2D eigenvalue weighted by molar-refractivity contribution is 0.204. The molecule has 1 nitrogen and oxygen atoms in total. The number of hydrogen-bond donors (Lipinski definition) is 1. The van der Waals surface area contributed by atoms with Gasteiger partial charge in [0.1, 0.15) is 13.7 Å². The molecule has 82 valence electrons. The smallest absolute Gasteiger partial charge is 0.130 e. The molecular weight excluding hydrogens is 190 g/mol. The third kappa shape index (κ3) is 3.67. The lowest BCUT2D eigenvalue weighted by atomic mass is 9.86. The third-order valence-electron chi connectivity index (χ3n) is 2.38. The van der Waals surface area contributed by atoms with Crippen molar-refractivity contribution in [2.75, 3.05) is 0 Å². The van der Waals surface area contributed by atoms with Crippen LogP contribution in [0.3, 0.4) is 0 Å². The maximum absolute atomic E-state index is 13.9. The van der Waals surface area contributed by atoms with Gasteiger partial charge in [-0.2, -0.15) is 0 Å². The van der Waals surface area contributed by atoms with E-state index in [4.69, 9.17) is 7.85 Å². The Morgan fingerprint density at radius 3 is 2.27 bits per heavy atom. The van der Waals surface area contributed by atoms with Crippen LogP contribution in [0.2, 0.25) is 0 Å². The van der Waals surface area contributed by atoms with Gasteiger partial charge in [-0.3, -0.25) is 0 Å². The number of allylic oxidation sites excluding steroid dienone is 4. The van der Waals surface area contributed by atoms with E-state index in [0.29, 0.717) is 23.0 Å². The monoisotopic (exact) mass is 208 g/mol. The summed E-state index contributed by atoms with van der Waals surface area (Å²) in [5.41, 5.74) is 1.08. The van der Waals surface area contributed by atoms with Crippen molar-refractivity contribution in [3.8, 4) is 0 Å². The number of rotatable bonds is 4. The van der Waals surface area contributed by atoms with E-state index in [2.05, 4.69) is 0 Å². The first-order valence-corrected chi connectivity index (χ1v) is 5.12. The summed E-state index contributed by atoms with van der Waals surface area (Å²) in [6.07, 6.45) is 2.93. The highest BCUT2D eigenvalue weighted by Gasteiger charge is 2.15. The minimum Gasteiger partial charge on any atom is -0.388 e. The molecule has 15 heavy (non-hydrogen) atoms. The highest BCUT2D eigenvalue weighted by atomic mass is 19.1. The topological polar surface area (TPSA) is 20.2 Å². The summed E-state index contributed by atoms with van der Waals surface area (Å²) in [6, 6.07) is 0. The van der Waals surface area contributed by atoms with E-state index in [-0.39, 0.29) is 0 Å². The van der Waals surface area contributed by atoms with Gasteiger partial charge in [-0.25, -0.2) is 4.39 Å². The quantitative estimate of drug-likeness (QED) is 0.556. The van der Waals surface area contributed by atoms with Gasteiger partial charge in [0.25, 0.3) is 0 Å². The summed E-state index contributed by atoms with van der Waals surface area (Å²) >= 11 is 0. The Morgan fingerprint density at radius 1 is 1.40 bits per heavy atom. The van der Waals surface area contributed by atoms with Gasteiger partial charge in [-0.15, -0.1) is 0 Å². The van der Waals surface area contributed by atoms with Crippen molar-refractivity contribution in [3.05, 3.63) is 34.6 Å². The zero-order chi connectivity index (χ0) is 12.0. The standard InChI is InChI=1S/C12H18BFO/c1-5-9(11(15)7-3)12(14)8(4)10(13)6-2/h5-6,11,15H,7H2,1-4H3/b9-5-,10-6+,12-8+. The summed E-state index contributed by atoms with van der Waals surface area (Å²) in [5, 5.41) is 9.59. The molecule has 0 aliphatic carbocycles. The van der Waals surface area contributed by atoms with E-state index >= 15 is 0 Å². The predicted octanol–water partition coefficient (Wildman–Crippen LogP) is 3.02. The van der Waals surface area contributed by atoms with Crippen LogP contribution in [0.1, 0.15) is 34.1 Å². The lowest BCUT2D eigenvalue weighted by Gasteiger charge is -2.13. The van der Waals surface area contributed by atoms with Gasteiger partial charge in [-0.05, 0) is 32.8 Å². The Morgan fingerprint density at radius 2 is 1.93 bits per heavy atom. The first-order valence-electron chi connectivity index (χ1n) is 5.12. The van der Waals surface area contributed by atoms with Crippen LogP contribution < -0.4 is 0 Å². The fourth-order valence-corrected chi connectivity index (χ4v) is 1.25. The second-order valence-corrected chi connectivity index (χ2v) is 3.35. The molecule has 0 amide bonds. The molecule has 0 fully saturated rings. The van der Waals surface area contributed by atoms with Gasteiger partial charge in [0.2, 0.25) is 0 Å². The first-order chi connectivity index (χ1) is 6.99.